The Morgan fingerprint density at radius 1 is 1.23 bits per heavy atom. The number of carbonyl (C=O) groups is 2. The van der Waals surface area contributed by atoms with E-state index in [-0.39, 0.29) is 18.6 Å². The number of imide groups is 1. The molecule has 0 aromatic heterocycles. The van der Waals surface area contributed by atoms with Crippen molar-refractivity contribution in [2.75, 3.05) is 20.5 Å². The number of para-hydroxylation sites is 1. The Bertz CT molecular complexity index is 1050. The van der Waals surface area contributed by atoms with Crippen molar-refractivity contribution >= 4 is 40.6 Å². The second-order valence-electron chi connectivity index (χ2n) is 6.38. The highest BCUT2D eigenvalue weighted by Gasteiger charge is 2.36. The normalized spacial score (nSPS) is 16.5. The first-order chi connectivity index (χ1) is 14.5. The molecule has 1 fully saturated rings. The molecule has 2 aliphatic heterocycles. The summed E-state index contributed by atoms with van der Waals surface area (Å²) in [4.78, 5) is 26.9. The molecule has 2 aromatic rings. The zero-order valence-corrected chi connectivity index (χ0v) is 17.8. The molecule has 7 nitrogen and oxygen atoms in total. The molecule has 0 radical (unpaired) electrons. The highest BCUT2D eigenvalue weighted by Crippen LogP contribution is 2.40. The van der Waals surface area contributed by atoms with Gasteiger partial charge in [-0.2, -0.15) is 0 Å². The van der Waals surface area contributed by atoms with Gasteiger partial charge in [-0.3, -0.25) is 14.5 Å². The number of benzene rings is 2. The van der Waals surface area contributed by atoms with E-state index in [9.17, 15) is 9.59 Å². The minimum atomic E-state index is -0.399. The number of ether oxygens (including phenoxy) is 4. The van der Waals surface area contributed by atoms with Gasteiger partial charge >= 0.3 is 0 Å². The molecule has 2 amide bonds. The first-order valence-corrected chi connectivity index (χ1v) is 10.3. The van der Waals surface area contributed by atoms with Crippen LogP contribution in [0.2, 0.25) is 5.02 Å². The number of nitrogens with zero attached hydrogens (tertiary/aromatic N) is 1. The van der Waals surface area contributed by atoms with E-state index in [2.05, 4.69) is 0 Å². The van der Waals surface area contributed by atoms with Crippen LogP contribution in [0.15, 0.2) is 35.2 Å². The molecule has 156 valence electrons. The number of thioether (sulfide) groups is 1. The van der Waals surface area contributed by atoms with Crippen LogP contribution in [0.4, 0.5) is 4.79 Å². The van der Waals surface area contributed by atoms with Gasteiger partial charge in [-0.1, -0.05) is 23.7 Å². The van der Waals surface area contributed by atoms with Crippen LogP contribution in [-0.4, -0.2) is 36.6 Å². The van der Waals surface area contributed by atoms with Crippen molar-refractivity contribution in [3.8, 4) is 23.0 Å². The average Bonchev–Trinajstić information content (AvgIpc) is 3.28. The second-order valence-corrected chi connectivity index (χ2v) is 7.78. The van der Waals surface area contributed by atoms with Gasteiger partial charge in [-0.05, 0) is 42.5 Å². The van der Waals surface area contributed by atoms with Gasteiger partial charge in [0.05, 0.1) is 25.2 Å². The van der Waals surface area contributed by atoms with E-state index in [0.29, 0.717) is 50.7 Å². The summed E-state index contributed by atoms with van der Waals surface area (Å²) < 4.78 is 21.7. The topological polar surface area (TPSA) is 74.3 Å². The molecule has 0 unspecified atom stereocenters. The van der Waals surface area contributed by atoms with Crippen molar-refractivity contribution in [3.05, 3.63) is 51.4 Å². The molecular formula is C21H18ClNO6S. The summed E-state index contributed by atoms with van der Waals surface area (Å²) in [6.45, 7) is 2.44. The summed E-state index contributed by atoms with van der Waals surface area (Å²) in [5, 5.41) is 0.0227. The molecule has 2 heterocycles. The molecule has 4 rings (SSSR count). The fourth-order valence-electron chi connectivity index (χ4n) is 3.13. The first-order valence-electron chi connectivity index (χ1n) is 9.15. The highest BCUT2D eigenvalue weighted by molar-refractivity contribution is 8.18. The maximum absolute atomic E-state index is 12.9. The molecule has 2 aliphatic rings. The van der Waals surface area contributed by atoms with Gasteiger partial charge in [0.15, 0.2) is 23.0 Å². The lowest BCUT2D eigenvalue weighted by atomic mass is 10.1. The third-order valence-electron chi connectivity index (χ3n) is 4.55. The van der Waals surface area contributed by atoms with Crippen LogP contribution in [0.25, 0.3) is 6.08 Å². The SMILES string of the molecule is CCOc1c(/C=C2/SC(=O)N(Cc3cc4c(cc3Cl)OCO4)C2=O)cccc1OC. The smallest absolute Gasteiger partial charge is 0.293 e. The molecule has 0 aliphatic carbocycles. The fourth-order valence-corrected chi connectivity index (χ4v) is 4.18. The molecule has 1 saturated heterocycles. The molecule has 30 heavy (non-hydrogen) atoms. The Morgan fingerprint density at radius 2 is 2.00 bits per heavy atom. The predicted molar refractivity (Wildman–Crippen MR) is 113 cm³/mol. The molecule has 0 spiro atoms. The summed E-state index contributed by atoms with van der Waals surface area (Å²) >= 11 is 7.17. The van der Waals surface area contributed by atoms with Crippen LogP contribution in [0.5, 0.6) is 23.0 Å². The number of fused-ring (bicyclic) bond motifs is 1. The maximum Gasteiger partial charge on any atom is 0.293 e. The number of methoxy groups -OCH3 is 1. The van der Waals surface area contributed by atoms with E-state index in [4.69, 9.17) is 30.5 Å². The molecule has 2 aromatic carbocycles. The van der Waals surface area contributed by atoms with Crippen molar-refractivity contribution in [1.29, 1.82) is 0 Å². The van der Waals surface area contributed by atoms with E-state index < -0.39 is 5.91 Å². The lowest BCUT2D eigenvalue weighted by Gasteiger charge is -2.14. The van der Waals surface area contributed by atoms with E-state index in [1.165, 1.54) is 0 Å². The highest BCUT2D eigenvalue weighted by atomic mass is 35.5. The second kappa shape index (κ2) is 8.49. The molecule has 0 N–H and O–H groups in total. The van der Waals surface area contributed by atoms with Gasteiger partial charge < -0.3 is 18.9 Å². The van der Waals surface area contributed by atoms with E-state index in [1.807, 2.05) is 6.92 Å². The van der Waals surface area contributed by atoms with E-state index in [1.54, 1.807) is 43.5 Å². The van der Waals surface area contributed by atoms with Gasteiger partial charge in [0.25, 0.3) is 11.1 Å². The van der Waals surface area contributed by atoms with Gasteiger partial charge in [0.1, 0.15) is 0 Å². The van der Waals surface area contributed by atoms with Gasteiger partial charge in [-0.15, -0.1) is 0 Å². The Morgan fingerprint density at radius 3 is 2.73 bits per heavy atom. The quantitative estimate of drug-likeness (QED) is 0.593. The van der Waals surface area contributed by atoms with Gasteiger partial charge in [-0.25, -0.2) is 0 Å². The van der Waals surface area contributed by atoms with Crippen molar-refractivity contribution in [3.63, 3.8) is 0 Å². The van der Waals surface area contributed by atoms with Crippen molar-refractivity contribution in [2.45, 2.75) is 13.5 Å². The van der Waals surface area contributed by atoms with Crippen LogP contribution < -0.4 is 18.9 Å². The average molecular weight is 448 g/mol. The molecule has 9 heteroatoms. The first kappa shape index (κ1) is 20.4. The Kier molecular flexibility index (Phi) is 5.78. The van der Waals surface area contributed by atoms with Gasteiger partial charge in [0.2, 0.25) is 6.79 Å². The zero-order valence-electron chi connectivity index (χ0n) is 16.3. The Hall–Kier alpha value is -2.84. The van der Waals surface area contributed by atoms with Crippen molar-refractivity contribution in [2.24, 2.45) is 0 Å². The summed E-state index contributed by atoms with van der Waals surface area (Å²) in [5.41, 5.74) is 1.25. The zero-order chi connectivity index (χ0) is 21.3. The van der Waals surface area contributed by atoms with Crippen molar-refractivity contribution in [1.82, 2.24) is 4.90 Å². The third-order valence-corrected chi connectivity index (χ3v) is 5.81. The lowest BCUT2D eigenvalue weighted by molar-refractivity contribution is -0.123. The lowest BCUT2D eigenvalue weighted by Crippen LogP contribution is -2.27. The molecule has 0 saturated carbocycles. The number of amides is 2. The van der Waals surface area contributed by atoms with Crippen LogP contribution in [-0.2, 0) is 11.3 Å². The Labute approximate surface area is 182 Å². The summed E-state index contributed by atoms with van der Waals surface area (Å²) in [6, 6.07) is 8.68. The molecule has 0 atom stereocenters. The van der Waals surface area contributed by atoms with Crippen molar-refractivity contribution < 1.29 is 28.5 Å². The standard InChI is InChI=1S/C21H18ClNO6S/c1-3-27-19-12(5-4-6-15(19)26-2)8-18-20(24)23(21(25)30-18)10-13-7-16-17(9-14(13)22)29-11-28-16/h4-9H,3,10-11H2,1-2H3/b18-8+. The van der Waals surface area contributed by atoms with Crippen LogP contribution in [0, 0.1) is 0 Å². The van der Waals surface area contributed by atoms with Crippen LogP contribution in [0.3, 0.4) is 0 Å². The molecule has 0 bridgehead atoms. The third kappa shape index (κ3) is 3.80. The van der Waals surface area contributed by atoms with E-state index >= 15 is 0 Å². The predicted octanol–water partition coefficient (Wildman–Crippen LogP) is 4.71. The number of carbonyl (C=O) groups excluding carboxylic acids is 2. The summed E-state index contributed by atoms with van der Waals surface area (Å²) in [5.74, 6) is 1.75. The minimum Gasteiger partial charge on any atom is -0.493 e. The number of halogens is 1. The molecular weight excluding hydrogens is 430 g/mol. The number of hydrogen-bond donors (Lipinski definition) is 0. The summed E-state index contributed by atoms with van der Waals surface area (Å²) in [6.07, 6.45) is 1.64. The monoisotopic (exact) mass is 447 g/mol. The maximum atomic E-state index is 12.9. The van der Waals surface area contributed by atoms with Gasteiger partial charge in [0, 0.05) is 16.7 Å². The fraction of sp³-hybridized carbons (Fsp3) is 0.238. The Balaban J connectivity index is 1.61. The van der Waals surface area contributed by atoms with Crippen LogP contribution in [0.1, 0.15) is 18.1 Å². The number of rotatable bonds is 6. The number of hydrogen-bond acceptors (Lipinski definition) is 7. The minimum absolute atomic E-state index is 0.0356. The van der Waals surface area contributed by atoms with Crippen LogP contribution >= 0.6 is 23.4 Å². The van der Waals surface area contributed by atoms with E-state index in [0.717, 1.165) is 16.7 Å². The summed E-state index contributed by atoms with van der Waals surface area (Å²) in [7, 11) is 1.55. The largest absolute Gasteiger partial charge is 0.493 e.